The van der Waals surface area contributed by atoms with E-state index >= 15 is 0 Å². The fraction of sp³-hybridized carbons (Fsp3) is 0.0455. The first-order valence-corrected chi connectivity index (χ1v) is 16.4. The van der Waals surface area contributed by atoms with Gasteiger partial charge in [-0.05, 0) is 39.1 Å². The lowest BCUT2D eigenvalue weighted by Gasteiger charge is -2.40. The average molecular weight is 616 g/mol. The van der Waals surface area contributed by atoms with Crippen molar-refractivity contribution in [1.29, 1.82) is 0 Å². The Kier molecular flexibility index (Phi) is 5.82. The van der Waals surface area contributed by atoms with Crippen LogP contribution in [0.4, 0.5) is 0 Å². The zero-order chi connectivity index (χ0) is 31.7. The highest BCUT2D eigenvalue weighted by Gasteiger charge is 2.51. The van der Waals surface area contributed by atoms with Gasteiger partial charge in [-0.2, -0.15) is 0 Å². The fourth-order valence-electron chi connectivity index (χ4n) is 8.00. The van der Waals surface area contributed by atoms with Gasteiger partial charge < -0.3 is 10.1 Å². The second-order valence-electron chi connectivity index (χ2n) is 12.5. The molecule has 1 aliphatic carbocycles. The summed E-state index contributed by atoms with van der Waals surface area (Å²) in [6.45, 7) is 0. The molecule has 0 amide bonds. The van der Waals surface area contributed by atoms with Crippen molar-refractivity contribution in [3.05, 3.63) is 203 Å². The molecule has 7 aromatic carbocycles. The number of nitrogens with one attached hydrogen (secondary N) is 1. The highest BCUT2D eigenvalue weighted by atomic mass is 16.5. The van der Waals surface area contributed by atoms with Crippen molar-refractivity contribution >= 4 is 22.4 Å². The summed E-state index contributed by atoms with van der Waals surface area (Å²) in [5, 5.41) is 5.91. The van der Waals surface area contributed by atoms with E-state index in [0.717, 1.165) is 61.8 Å². The summed E-state index contributed by atoms with van der Waals surface area (Å²) >= 11 is 0. The summed E-state index contributed by atoms with van der Waals surface area (Å²) in [4.78, 5) is 10.6. The minimum Gasteiger partial charge on any atom is -0.456 e. The second kappa shape index (κ2) is 10.4. The van der Waals surface area contributed by atoms with Crippen LogP contribution in [0.25, 0.3) is 21.9 Å². The van der Waals surface area contributed by atoms with Crippen LogP contribution >= 0.6 is 0 Å². The van der Waals surface area contributed by atoms with Crippen LogP contribution in [0.15, 0.2) is 174 Å². The fourth-order valence-corrected chi connectivity index (χ4v) is 8.00. The van der Waals surface area contributed by atoms with E-state index < -0.39 is 11.6 Å². The van der Waals surface area contributed by atoms with Gasteiger partial charge in [0.1, 0.15) is 23.2 Å². The van der Waals surface area contributed by atoms with Crippen molar-refractivity contribution in [3.63, 3.8) is 0 Å². The Labute approximate surface area is 278 Å². The van der Waals surface area contributed by atoms with Crippen molar-refractivity contribution in [2.24, 2.45) is 9.98 Å². The molecule has 0 aromatic heterocycles. The zero-order valence-corrected chi connectivity index (χ0v) is 26.0. The Morgan fingerprint density at radius 2 is 1.06 bits per heavy atom. The number of fused-ring (bicyclic) bond motifs is 10. The standard InChI is InChI=1S/C44H29N3O/c1-2-15-29(16-3-1)41-45-42(33-21-12-17-28-14-4-5-18-30(28)33)47-43(46-41)34-22-13-26-38-40(34)48-39-27-11-10-25-37(39)44(38)35-23-8-6-19-31(35)32-20-7-9-24-36(32)44/h1-27,43H,(H,45,46,47). The molecule has 10 rings (SSSR count). The topological polar surface area (TPSA) is 46.0 Å². The molecule has 2 heterocycles. The molecule has 2 aliphatic heterocycles. The highest BCUT2D eigenvalue weighted by Crippen LogP contribution is 2.62. The van der Waals surface area contributed by atoms with Crippen LogP contribution in [0, 0.1) is 0 Å². The molecule has 0 saturated carbocycles. The van der Waals surface area contributed by atoms with Crippen molar-refractivity contribution in [1.82, 2.24) is 5.32 Å². The number of nitrogens with zero attached hydrogens (tertiary/aromatic N) is 2. The van der Waals surface area contributed by atoms with E-state index in [-0.39, 0.29) is 0 Å². The van der Waals surface area contributed by atoms with Gasteiger partial charge in [0.25, 0.3) is 0 Å². The molecule has 0 bridgehead atoms. The number of rotatable bonds is 3. The van der Waals surface area contributed by atoms with Gasteiger partial charge in [-0.15, -0.1) is 0 Å². The first-order chi connectivity index (χ1) is 23.8. The molecule has 1 atom stereocenters. The normalized spacial score (nSPS) is 16.5. The Morgan fingerprint density at radius 1 is 0.479 bits per heavy atom. The molecule has 0 radical (unpaired) electrons. The first-order valence-electron chi connectivity index (χ1n) is 16.4. The van der Waals surface area contributed by atoms with E-state index in [1.165, 1.54) is 22.3 Å². The van der Waals surface area contributed by atoms with Crippen molar-refractivity contribution < 1.29 is 4.74 Å². The van der Waals surface area contributed by atoms with E-state index in [1.807, 2.05) is 18.2 Å². The van der Waals surface area contributed by atoms with Gasteiger partial charge in [-0.3, -0.25) is 0 Å². The Morgan fingerprint density at radius 3 is 1.88 bits per heavy atom. The van der Waals surface area contributed by atoms with E-state index in [2.05, 4.69) is 151 Å². The van der Waals surface area contributed by atoms with Gasteiger partial charge >= 0.3 is 0 Å². The van der Waals surface area contributed by atoms with Crippen LogP contribution in [-0.4, -0.2) is 11.7 Å². The number of para-hydroxylation sites is 2. The van der Waals surface area contributed by atoms with Gasteiger partial charge in [0, 0.05) is 27.8 Å². The van der Waals surface area contributed by atoms with Crippen molar-refractivity contribution in [3.8, 4) is 22.6 Å². The molecule has 226 valence electrons. The Bertz CT molecular complexity index is 2430. The van der Waals surface area contributed by atoms with Gasteiger partial charge in [-0.1, -0.05) is 158 Å². The van der Waals surface area contributed by atoms with E-state index in [9.17, 15) is 0 Å². The van der Waals surface area contributed by atoms with E-state index in [1.54, 1.807) is 0 Å². The van der Waals surface area contributed by atoms with Crippen LogP contribution in [-0.2, 0) is 5.41 Å². The van der Waals surface area contributed by atoms with Gasteiger partial charge in [-0.25, -0.2) is 9.98 Å². The third-order valence-corrected chi connectivity index (χ3v) is 10.0. The van der Waals surface area contributed by atoms with Crippen LogP contribution < -0.4 is 10.1 Å². The molecule has 1 N–H and O–H groups in total. The lowest BCUT2D eigenvalue weighted by molar-refractivity contribution is 0.426. The summed E-state index contributed by atoms with van der Waals surface area (Å²) in [5.41, 5.74) is 9.70. The number of benzene rings is 7. The number of hydrogen-bond acceptors (Lipinski definition) is 4. The van der Waals surface area contributed by atoms with Crippen LogP contribution in [0.3, 0.4) is 0 Å². The smallest absolute Gasteiger partial charge is 0.173 e. The molecule has 4 nitrogen and oxygen atoms in total. The van der Waals surface area contributed by atoms with Crippen LogP contribution in [0.2, 0.25) is 0 Å². The molecule has 1 unspecified atom stereocenters. The third-order valence-electron chi connectivity index (χ3n) is 10.0. The van der Waals surface area contributed by atoms with Gasteiger partial charge in [0.15, 0.2) is 6.17 Å². The van der Waals surface area contributed by atoms with Gasteiger partial charge in [0.05, 0.1) is 5.41 Å². The number of ether oxygens (including phenoxy) is 1. The first kappa shape index (κ1) is 26.9. The van der Waals surface area contributed by atoms with Crippen molar-refractivity contribution in [2.75, 3.05) is 0 Å². The molecule has 3 aliphatic rings. The summed E-state index contributed by atoms with van der Waals surface area (Å²) in [7, 11) is 0. The van der Waals surface area contributed by atoms with E-state index in [4.69, 9.17) is 14.7 Å². The Balaban J connectivity index is 1.24. The van der Waals surface area contributed by atoms with E-state index in [0.29, 0.717) is 0 Å². The Hall–Kier alpha value is -6.26. The molecule has 0 saturated heterocycles. The maximum Gasteiger partial charge on any atom is 0.173 e. The molecule has 7 aromatic rings. The SMILES string of the molecule is c1ccc(C2=NC(c3cccc4c3Oc3ccccc3C43c4ccccc4-c4ccccc43)N=C(c3cccc4ccccc34)N2)cc1. The monoisotopic (exact) mass is 615 g/mol. The number of hydrogen-bond donors (Lipinski definition) is 1. The lowest BCUT2D eigenvalue weighted by Crippen LogP contribution is -2.36. The molecular weight excluding hydrogens is 587 g/mol. The molecule has 0 fully saturated rings. The predicted molar refractivity (Wildman–Crippen MR) is 193 cm³/mol. The number of amidine groups is 2. The molecule has 48 heavy (non-hydrogen) atoms. The third kappa shape index (κ3) is 3.77. The van der Waals surface area contributed by atoms with Crippen LogP contribution in [0.5, 0.6) is 11.5 Å². The minimum absolute atomic E-state index is 0.542. The average Bonchev–Trinajstić information content (AvgIpc) is 3.45. The predicted octanol–water partition coefficient (Wildman–Crippen LogP) is 9.80. The molecule has 4 heteroatoms. The minimum atomic E-state index is -0.547. The van der Waals surface area contributed by atoms with Gasteiger partial charge in [0.2, 0.25) is 0 Å². The molecular formula is C44H29N3O. The summed E-state index contributed by atoms with van der Waals surface area (Å²) in [5.74, 6) is 3.22. The lowest BCUT2D eigenvalue weighted by atomic mass is 9.65. The number of aliphatic imine (C=N–C) groups is 2. The zero-order valence-electron chi connectivity index (χ0n) is 26.0. The maximum atomic E-state index is 6.97. The van der Waals surface area contributed by atoms with Crippen LogP contribution in [0.1, 0.15) is 45.1 Å². The largest absolute Gasteiger partial charge is 0.456 e. The quantitative estimate of drug-likeness (QED) is 0.215. The molecule has 1 spiro atoms. The van der Waals surface area contributed by atoms with Crippen molar-refractivity contribution in [2.45, 2.75) is 11.6 Å². The second-order valence-corrected chi connectivity index (χ2v) is 12.5. The summed E-state index contributed by atoms with van der Waals surface area (Å²) < 4.78 is 6.97. The summed E-state index contributed by atoms with van der Waals surface area (Å²) in [6.07, 6.45) is -0.542. The highest BCUT2D eigenvalue weighted by molar-refractivity contribution is 6.19. The maximum absolute atomic E-state index is 6.97. The summed E-state index contributed by atoms with van der Waals surface area (Å²) in [6, 6.07) is 57.7.